The SMILES string of the molecule is O=C(N[C@H]1C=CS(=O)(=O)C1)OCCOCCO. The maximum Gasteiger partial charge on any atom is 0.407 e. The van der Waals surface area contributed by atoms with Crippen LogP contribution >= 0.6 is 0 Å². The zero-order chi connectivity index (χ0) is 12.7. The molecule has 17 heavy (non-hydrogen) atoms. The summed E-state index contributed by atoms with van der Waals surface area (Å²) in [5, 5.41) is 11.9. The fourth-order valence-corrected chi connectivity index (χ4v) is 2.45. The number of hydrogen-bond acceptors (Lipinski definition) is 6. The first kappa shape index (κ1) is 13.9. The minimum atomic E-state index is -3.18. The number of carbonyl (C=O) groups excluding carboxylic acids is 1. The Balaban J connectivity index is 2.12. The summed E-state index contributed by atoms with van der Waals surface area (Å²) in [6.07, 6.45) is 0.711. The van der Waals surface area contributed by atoms with Crippen molar-refractivity contribution < 1.29 is 27.8 Å². The third-order valence-corrected chi connectivity index (χ3v) is 3.33. The summed E-state index contributed by atoms with van der Waals surface area (Å²) in [7, 11) is -3.18. The monoisotopic (exact) mass is 265 g/mol. The molecule has 0 bridgehead atoms. The summed E-state index contributed by atoms with van der Waals surface area (Å²) in [5.74, 6) is -0.136. The quantitative estimate of drug-likeness (QED) is 0.599. The van der Waals surface area contributed by atoms with E-state index in [1.54, 1.807) is 0 Å². The summed E-state index contributed by atoms with van der Waals surface area (Å²) in [6.45, 7) is 0.341. The van der Waals surface area contributed by atoms with Gasteiger partial charge in [0.1, 0.15) is 6.61 Å². The van der Waals surface area contributed by atoms with Gasteiger partial charge in [0, 0.05) is 5.41 Å². The van der Waals surface area contributed by atoms with Crippen molar-refractivity contribution in [1.29, 1.82) is 0 Å². The van der Waals surface area contributed by atoms with Crippen LogP contribution in [-0.4, -0.2) is 57.8 Å². The normalized spacial score (nSPS) is 21.4. The Morgan fingerprint density at radius 1 is 1.41 bits per heavy atom. The molecule has 1 atom stereocenters. The molecular formula is C9H15NO6S. The minimum Gasteiger partial charge on any atom is -0.447 e. The van der Waals surface area contributed by atoms with Gasteiger partial charge in [0.15, 0.2) is 9.84 Å². The van der Waals surface area contributed by atoms with Gasteiger partial charge in [-0.15, -0.1) is 0 Å². The van der Waals surface area contributed by atoms with Gasteiger partial charge in [0.05, 0.1) is 31.6 Å². The Labute approximate surface area is 99.3 Å². The highest BCUT2D eigenvalue weighted by Crippen LogP contribution is 2.07. The Morgan fingerprint density at radius 2 is 2.18 bits per heavy atom. The predicted molar refractivity (Wildman–Crippen MR) is 59.1 cm³/mol. The minimum absolute atomic E-state index is 0.0506. The Kier molecular flexibility index (Phi) is 5.39. The van der Waals surface area contributed by atoms with Crippen LogP contribution in [0.25, 0.3) is 0 Å². The fourth-order valence-electron chi connectivity index (χ4n) is 1.22. The maximum atomic E-state index is 11.2. The molecule has 98 valence electrons. The number of aliphatic hydroxyl groups excluding tert-OH is 1. The van der Waals surface area contributed by atoms with E-state index in [9.17, 15) is 13.2 Å². The number of amides is 1. The number of ether oxygens (including phenoxy) is 2. The molecular weight excluding hydrogens is 250 g/mol. The molecule has 1 aliphatic rings. The first-order valence-corrected chi connectivity index (χ1v) is 6.78. The van der Waals surface area contributed by atoms with E-state index in [1.165, 1.54) is 6.08 Å². The van der Waals surface area contributed by atoms with Crippen LogP contribution in [0.5, 0.6) is 0 Å². The lowest BCUT2D eigenvalue weighted by Crippen LogP contribution is -2.36. The molecule has 1 rings (SSSR count). The van der Waals surface area contributed by atoms with Crippen LogP contribution in [0.2, 0.25) is 0 Å². The average molecular weight is 265 g/mol. The van der Waals surface area contributed by atoms with Gasteiger partial charge in [-0.2, -0.15) is 0 Å². The van der Waals surface area contributed by atoms with E-state index in [-0.39, 0.29) is 32.2 Å². The lowest BCUT2D eigenvalue weighted by atomic mass is 10.3. The van der Waals surface area contributed by atoms with E-state index in [4.69, 9.17) is 14.6 Å². The van der Waals surface area contributed by atoms with Crippen LogP contribution in [0.3, 0.4) is 0 Å². The van der Waals surface area contributed by atoms with Crippen LogP contribution in [0.15, 0.2) is 11.5 Å². The maximum absolute atomic E-state index is 11.2. The molecule has 8 heteroatoms. The molecule has 0 aromatic rings. The van der Waals surface area contributed by atoms with Crippen LogP contribution < -0.4 is 5.32 Å². The number of carbonyl (C=O) groups is 1. The Bertz CT molecular complexity index is 377. The second-order valence-corrected chi connectivity index (χ2v) is 5.31. The van der Waals surface area contributed by atoms with Crippen LogP contribution in [0.1, 0.15) is 0 Å². The third kappa shape index (κ3) is 5.66. The topological polar surface area (TPSA) is 102 Å². The third-order valence-electron chi connectivity index (χ3n) is 1.93. The molecule has 0 aromatic heterocycles. The van der Waals surface area contributed by atoms with Gasteiger partial charge in [-0.25, -0.2) is 13.2 Å². The second kappa shape index (κ2) is 6.58. The van der Waals surface area contributed by atoms with E-state index < -0.39 is 22.0 Å². The van der Waals surface area contributed by atoms with Gasteiger partial charge >= 0.3 is 6.09 Å². The molecule has 0 saturated heterocycles. The smallest absolute Gasteiger partial charge is 0.407 e. The van der Waals surface area contributed by atoms with Crippen molar-refractivity contribution in [1.82, 2.24) is 5.32 Å². The van der Waals surface area contributed by atoms with Gasteiger partial charge in [0.2, 0.25) is 0 Å². The van der Waals surface area contributed by atoms with Gasteiger partial charge in [-0.05, 0) is 6.08 Å². The summed E-state index contributed by atoms with van der Waals surface area (Å²) in [5.41, 5.74) is 0. The molecule has 0 spiro atoms. The lowest BCUT2D eigenvalue weighted by Gasteiger charge is -2.10. The number of rotatable bonds is 6. The van der Waals surface area contributed by atoms with Gasteiger partial charge < -0.3 is 19.9 Å². The van der Waals surface area contributed by atoms with Crippen molar-refractivity contribution >= 4 is 15.9 Å². The van der Waals surface area contributed by atoms with Crippen LogP contribution in [0, 0.1) is 0 Å². The van der Waals surface area contributed by atoms with Crippen molar-refractivity contribution in [3.8, 4) is 0 Å². The van der Waals surface area contributed by atoms with Crippen LogP contribution in [0.4, 0.5) is 4.79 Å². The molecule has 0 unspecified atom stereocenters. The molecule has 7 nitrogen and oxygen atoms in total. The van der Waals surface area contributed by atoms with Crippen molar-refractivity contribution in [2.24, 2.45) is 0 Å². The van der Waals surface area contributed by atoms with E-state index >= 15 is 0 Å². The summed E-state index contributed by atoms with van der Waals surface area (Å²) < 4.78 is 31.7. The van der Waals surface area contributed by atoms with Crippen molar-refractivity contribution in [2.75, 3.05) is 32.2 Å². The largest absolute Gasteiger partial charge is 0.447 e. The molecule has 0 aliphatic carbocycles. The van der Waals surface area contributed by atoms with Gasteiger partial charge in [-0.1, -0.05) is 0 Å². The zero-order valence-electron chi connectivity index (χ0n) is 9.16. The molecule has 0 saturated carbocycles. The van der Waals surface area contributed by atoms with Gasteiger partial charge in [-0.3, -0.25) is 0 Å². The molecule has 1 aliphatic heterocycles. The van der Waals surface area contributed by atoms with Crippen LogP contribution in [-0.2, 0) is 19.3 Å². The van der Waals surface area contributed by atoms with Gasteiger partial charge in [0.25, 0.3) is 0 Å². The molecule has 2 N–H and O–H groups in total. The lowest BCUT2D eigenvalue weighted by molar-refractivity contribution is 0.0534. The number of sulfone groups is 1. The van der Waals surface area contributed by atoms with Crippen molar-refractivity contribution in [3.05, 3.63) is 11.5 Å². The summed E-state index contributed by atoms with van der Waals surface area (Å²) in [4.78, 5) is 11.2. The summed E-state index contributed by atoms with van der Waals surface area (Å²) in [6, 6.07) is -0.536. The van der Waals surface area contributed by atoms with E-state index in [2.05, 4.69) is 5.32 Å². The zero-order valence-corrected chi connectivity index (χ0v) is 9.98. The standard InChI is InChI=1S/C9H15NO6S/c11-2-3-15-4-5-16-9(12)10-8-1-6-17(13,14)7-8/h1,6,8,11H,2-5,7H2,(H,10,12)/t8-/m0/s1. The molecule has 0 radical (unpaired) electrons. The molecule has 0 fully saturated rings. The van der Waals surface area contributed by atoms with Crippen molar-refractivity contribution in [2.45, 2.75) is 6.04 Å². The predicted octanol–water partition coefficient (Wildman–Crippen LogP) is -0.968. The van der Waals surface area contributed by atoms with E-state index in [0.29, 0.717) is 0 Å². The molecule has 0 aromatic carbocycles. The number of hydrogen-bond donors (Lipinski definition) is 2. The number of alkyl carbamates (subject to hydrolysis) is 1. The van der Waals surface area contributed by atoms with E-state index in [1.807, 2.05) is 0 Å². The van der Waals surface area contributed by atoms with E-state index in [0.717, 1.165) is 5.41 Å². The highest BCUT2D eigenvalue weighted by Gasteiger charge is 2.23. The Hall–Kier alpha value is -1.12. The summed E-state index contributed by atoms with van der Waals surface area (Å²) >= 11 is 0. The molecule has 1 amide bonds. The number of aliphatic hydroxyl groups is 1. The second-order valence-electron chi connectivity index (χ2n) is 3.38. The first-order chi connectivity index (χ1) is 8.03. The first-order valence-electron chi connectivity index (χ1n) is 5.06. The molecule has 1 heterocycles. The highest BCUT2D eigenvalue weighted by molar-refractivity contribution is 7.94. The Morgan fingerprint density at radius 3 is 2.76 bits per heavy atom. The average Bonchev–Trinajstić information content (AvgIpc) is 2.57. The number of nitrogens with one attached hydrogen (secondary N) is 1. The van der Waals surface area contributed by atoms with Crippen molar-refractivity contribution in [3.63, 3.8) is 0 Å². The fraction of sp³-hybridized carbons (Fsp3) is 0.667. The highest BCUT2D eigenvalue weighted by atomic mass is 32.2.